The van der Waals surface area contributed by atoms with E-state index in [1.165, 1.54) is 11.3 Å². The summed E-state index contributed by atoms with van der Waals surface area (Å²) in [6.45, 7) is 8.36. The highest BCUT2D eigenvalue weighted by Crippen LogP contribution is 2.41. The molecule has 0 saturated heterocycles. The highest BCUT2D eigenvalue weighted by atomic mass is 32.2. The molecular formula is C30H38N2O3S2. The summed E-state index contributed by atoms with van der Waals surface area (Å²) in [6, 6.07) is 7.84. The van der Waals surface area contributed by atoms with Gasteiger partial charge in [0.15, 0.2) is 0 Å². The van der Waals surface area contributed by atoms with Gasteiger partial charge >= 0.3 is 5.97 Å². The fourth-order valence-electron chi connectivity index (χ4n) is 5.23. The predicted molar refractivity (Wildman–Crippen MR) is 152 cm³/mol. The zero-order chi connectivity index (χ0) is 26.6. The second-order valence-electron chi connectivity index (χ2n) is 11.5. The molecule has 1 amide bonds. The summed E-state index contributed by atoms with van der Waals surface area (Å²) in [6.07, 6.45) is 9.35. The van der Waals surface area contributed by atoms with E-state index in [9.17, 15) is 14.7 Å². The molecule has 0 atom stereocenters. The number of hydrogen-bond donors (Lipinski definition) is 1. The molecule has 0 spiro atoms. The zero-order valence-electron chi connectivity index (χ0n) is 22.3. The van der Waals surface area contributed by atoms with Crippen molar-refractivity contribution in [1.29, 1.82) is 0 Å². The standard InChI is InChI=1S/C30H38N2O3S2/c1-20-8-10-21(11-9-20)28(33)32(22-12-14-23(15-13-22)36-26-7-5-6-18-31-26)25-19-24(16-17-30(2,3)4)37-27(25)29(34)35/h5-7,18-23H,8-15H2,1-4H3,(H,34,35). The number of aromatic nitrogens is 1. The normalized spacial score (nSPS) is 24.1. The number of anilines is 1. The summed E-state index contributed by atoms with van der Waals surface area (Å²) >= 11 is 2.99. The Morgan fingerprint density at radius 1 is 1.08 bits per heavy atom. The van der Waals surface area contributed by atoms with Gasteiger partial charge in [-0.1, -0.05) is 24.8 Å². The zero-order valence-corrected chi connectivity index (χ0v) is 24.0. The maximum atomic E-state index is 14.1. The highest BCUT2D eigenvalue weighted by Gasteiger charge is 2.37. The average molecular weight is 539 g/mol. The molecule has 5 nitrogen and oxygen atoms in total. The van der Waals surface area contributed by atoms with Crippen LogP contribution in [0.2, 0.25) is 0 Å². The van der Waals surface area contributed by atoms with Crippen molar-refractivity contribution in [3.63, 3.8) is 0 Å². The second kappa shape index (κ2) is 12.0. The van der Waals surface area contributed by atoms with E-state index in [2.05, 4.69) is 23.7 Å². The monoisotopic (exact) mass is 538 g/mol. The van der Waals surface area contributed by atoms with E-state index < -0.39 is 5.97 Å². The molecule has 0 unspecified atom stereocenters. The van der Waals surface area contributed by atoms with Crippen molar-refractivity contribution in [2.75, 3.05) is 4.90 Å². The lowest BCUT2D eigenvalue weighted by atomic mass is 9.81. The Morgan fingerprint density at radius 3 is 2.38 bits per heavy atom. The second-order valence-corrected chi connectivity index (χ2v) is 13.9. The first-order valence-electron chi connectivity index (χ1n) is 13.4. The number of rotatable bonds is 6. The minimum absolute atomic E-state index is 0.00329. The number of thioether (sulfide) groups is 1. The summed E-state index contributed by atoms with van der Waals surface area (Å²) in [5.74, 6) is 6.11. The van der Waals surface area contributed by atoms with Gasteiger partial charge in [-0.3, -0.25) is 4.79 Å². The molecule has 0 aliphatic heterocycles. The maximum Gasteiger partial charge on any atom is 0.348 e. The van der Waals surface area contributed by atoms with E-state index in [0.717, 1.165) is 56.4 Å². The van der Waals surface area contributed by atoms with Crippen molar-refractivity contribution in [1.82, 2.24) is 4.98 Å². The minimum atomic E-state index is -0.988. The van der Waals surface area contributed by atoms with Crippen molar-refractivity contribution in [2.24, 2.45) is 17.3 Å². The van der Waals surface area contributed by atoms with Gasteiger partial charge in [-0.15, -0.1) is 23.1 Å². The van der Waals surface area contributed by atoms with Crippen molar-refractivity contribution >= 4 is 40.7 Å². The van der Waals surface area contributed by atoms with E-state index in [0.29, 0.717) is 21.7 Å². The SMILES string of the molecule is CC1CCC(C(=O)N(c2cc(C#CC(C)(C)C)sc2C(=O)O)C2CCC(Sc3ccccn3)CC2)CC1. The highest BCUT2D eigenvalue weighted by molar-refractivity contribution is 7.99. The van der Waals surface area contributed by atoms with Crippen LogP contribution in [0.3, 0.4) is 0 Å². The number of carbonyl (C=O) groups is 2. The van der Waals surface area contributed by atoms with Gasteiger partial charge in [0.25, 0.3) is 0 Å². The summed E-state index contributed by atoms with van der Waals surface area (Å²) in [5.41, 5.74) is 0.353. The van der Waals surface area contributed by atoms with Gasteiger partial charge in [-0.2, -0.15) is 0 Å². The third-order valence-electron chi connectivity index (χ3n) is 7.26. The number of amides is 1. The van der Waals surface area contributed by atoms with E-state index in [4.69, 9.17) is 0 Å². The first-order chi connectivity index (χ1) is 17.6. The Labute approximate surface area is 229 Å². The van der Waals surface area contributed by atoms with Crippen LogP contribution in [-0.4, -0.2) is 33.3 Å². The average Bonchev–Trinajstić information content (AvgIpc) is 3.29. The van der Waals surface area contributed by atoms with Crippen LogP contribution in [0.15, 0.2) is 35.5 Å². The van der Waals surface area contributed by atoms with Crippen LogP contribution in [-0.2, 0) is 4.79 Å². The molecule has 2 heterocycles. The molecule has 198 valence electrons. The number of nitrogens with zero attached hydrogens (tertiary/aromatic N) is 2. The Kier molecular flexibility index (Phi) is 9.03. The fraction of sp³-hybridized carbons (Fsp3) is 0.567. The first-order valence-corrected chi connectivity index (χ1v) is 15.1. The molecule has 2 aliphatic rings. The largest absolute Gasteiger partial charge is 0.477 e. The van der Waals surface area contributed by atoms with Gasteiger partial charge < -0.3 is 10.0 Å². The Hall–Kier alpha value is -2.30. The number of hydrogen-bond acceptors (Lipinski definition) is 5. The van der Waals surface area contributed by atoms with E-state index in [-0.39, 0.29) is 28.2 Å². The van der Waals surface area contributed by atoms with Crippen molar-refractivity contribution in [3.05, 3.63) is 40.2 Å². The Bertz CT molecular complexity index is 1140. The number of carboxylic acid groups (broad SMARTS) is 1. The maximum absolute atomic E-state index is 14.1. The molecule has 0 radical (unpaired) electrons. The minimum Gasteiger partial charge on any atom is -0.477 e. The summed E-state index contributed by atoms with van der Waals surface area (Å²) in [7, 11) is 0. The fourth-order valence-corrected chi connectivity index (χ4v) is 7.20. The van der Waals surface area contributed by atoms with Crippen molar-refractivity contribution in [2.45, 2.75) is 95.4 Å². The van der Waals surface area contributed by atoms with Gasteiger partial charge in [0.05, 0.1) is 15.6 Å². The third-order valence-corrected chi connectivity index (χ3v) is 9.58. The topological polar surface area (TPSA) is 70.5 Å². The van der Waals surface area contributed by atoms with Crippen LogP contribution < -0.4 is 4.90 Å². The van der Waals surface area contributed by atoms with Gasteiger partial charge in [-0.05, 0) is 96.3 Å². The first kappa shape index (κ1) is 27.7. The van der Waals surface area contributed by atoms with Gasteiger partial charge in [-0.25, -0.2) is 9.78 Å². The van der Waals surface area contributed by atoms with E-state index in [1.807, 2.05) is 56.1 Å². The number of thiophene rings is 1. The molecule has 0 bridgehead atoms. The molecule has 2 saturated carbocycles. The molecule has 0 aromatic carbocycles. The summed E-state index contributed by atoms with van der Waals surface area (Å²) in [4.78, 5) is 33.7. The number of carbonyl (C=O) groups excluding carboxylic acids is 1. The van der Waals surface area contributed by atoms with Crippen LogP contribution in [0.5, 0.6) is 0 Å². The smallest absolute Gasteiger partial charge is 0.348 e. The van der Waals surface area contributed by atoms with Gasteiger partial charge in [0.1, 0.15) is 4.88 Å². The van der Waals surface area contributed by atoms with Crippen LogP contribution in [0.1, 0.15) is 93.6 Å². The van der Waals surface area contributed by atoms with Gasteiger partial charge in [0, 0.05) is 28.8 Å². The van der Waals surface area contributed by atoms with Crippen LogP contribution in [0.4, 0.5) is 5.69 Å². The molecule has 2 aliphatic carbocycles. The molecule has 7 heteroatoms. The quantitative estimate of drug-likeness (QED) is 0.386. The molecule has 2 aromatic heterocycles. The van der Waals surface area contributed by atoms with Gasteiger partial charge in [0.2, 0.25) is 5.91 Å². The van der Waals surface area contributed by atoms with E-state index >= 15 is 0 Å². The summed E-state index contributed by atoms with van der Waals surface area (Å²) in [5, 5.41) is 11.6. The summed E-state index contributed by atoms with van der Waals surface area (Å²) < 4.78 is 0. The lowest BCUT2D eigenvalue weighted by Crippen LogP contribution is -2.46. The van der Waals surface area contributed by atoms with Crippen LogP contribution >= 0.6 is 23.1 Å². The lowest BCUT2D eigenvalue weighted by molar-refractivity contribution is -0.124. The Balaban J connectivity index is 1.61. The van der Waals surface area contributed by atoms with Crippen molar-refractivity contribution in [3.8, 4) is 11.8 Å². The van der Waals surface area contributed by atoms with Crippen LogP contribution in [0.25, 0.3) is 0 Å². The van der Waals surface area contributed by atoms with Crippen LogP contribution in [0, 0.1) is 29.1 Å². The molecule has 37 heavy (non-hydrogen) atoms. The lowest BCUT2D eigenvalue weighted by Gasteiger charge is -2.39. The third kappa shape index (κ3) is 7.39. The number of aromatic carboxylic acids is 1. The van der Waals surface area contributed by atoms with E-state index in [1.54, 1.807) is 11.8 Å². The predicted octanol–water partition coefficient (Wildman–Crippen LogP) is 7.50. The molecule has 1 N–H and O–H groups in total. The number of carboxylic acids is 1. The number of pyridine rings is 1. The molecule has 2 fully saturated rings. The molecule has 4 rings (SSSR count). The molecule has 2 aromatic rings. The molecular weight excluding hydrogens is 500 g/mol. The Morgan fingerprint density at radius 2 is 1.78 bits per heavy atom. The van der Waals surface area contributed by atoms with Crippen molar-refractivity contribution < 1.29 is 14.7 Å².